The zero-order valence-electron chi connectivity index (χ0n) is 16.4. The molecule has 1 heterocycles. The van der Waals surface area contributed by atoms with Crippen LogP contribution in [-0.4, -0.2) is 40.4 Å². The molecule has 8 nitrogen and oxygen atoms in total. The van der Waals surface area contributed by atoms with Crippen molar-refractivity contribution in [1.29, 1.82) is 0 Å². The first-order valence-electron chi connectivity index (χ1n) is 9.34. The largest absolute Gasteiger partial charge is 0.495 e. The summed E-state index contributed by atoms with van der Waals surface area (Å²) in [5.41, 5.74) is 1.08. The molecule has 0 saturated carbocycles. The molecule has 1 aliphatic heterocycles. The van der Waals surface area contributed by atoms with Gasteiger partial charge in [0, 0.05) is 31.6 Å². The highest BCUT2D eigenvalue weighted by molar-refractivity contribution is 7.89. The summed E-state index contributed by atoms with van der Waals surface area (Å²) in [7, 11) is -2.30. The number of ether oxygens (including phenoxy) is 1. The van der Waals surface area contributed by atoms with Gasteiger partial charge in [0.2, 0.25) is 21.8 Å². The van der Waals surface area contributed by atoms with Crippen molar-refractivity contribution in [2.24, 2.45) is 0 Å². The Morgan fingerprint density at radius 3 is 2.67 bits per heavy atom. The predicted molar refractivity (Wildman–Crippen MR) is 114 cm³/mol. The van der Waals surface area contributed by atoms with Gasteiger partial charge in [0.1, 0.15) is 10.6 Å². The van der Waals surface area contributed by atoms with Gasteiger partial charge in [-0.05, 0) is 36.8 Å². The van der Waals surface area contributed by atoms with Crippen molar-refractivity contribution in [3.05, 3.63) is 47.5 Å². The molecule has 0 aliphatic carbocycles. The number of halogens is 1. The zero-order valence-corrected chi connectivity index (χ0v) is 17.9. The summed E-state index contributed by atoms with van der Waals surface area (Å²) in [5, 5.41) is 2.82. The molecule has 160 valence electrons. The van der Waals surface area contributed by atoms with Crippen molar-refractivity contribution in [1.82, 2.24) is 4.72 Å². The van der Waals surface area contributed by atoms with Crippen LogP contribution in [0.1, 0.15) is 19.3 Å². The maximum atomic E-state index is 12.3. The van der Waals surface area contributed by atoms with Crippen molar-refractivity contribution < 1.29 is 22.7 Å². The molecule has 1 fully saturated rings. The Kier molecular flexibility index (Phi) is 6.96. The lowest BCUT2D eigenvalue weighted by Crippen LogP contribution is -2.28. The Balaban J connectivity index is 1.61. The van der Waals surface area contributed by atoms with E-state index in [0.717, 1.165) is 6.42 Å². The van der Waals surface area contributed by atoms with Crippen LogP contribution in [0, 0.1) is 0 Å². The van der Waals surface area contributed by atoms with Crippen LogP contribution in [0.15, 0.2) is 47.4 Å². The van der Waals surface area contributed by atoms with Crippen LogP contribution in [0.5, 0.6) is 5.75 Å². The van der Waals surface area contributed by atoms with E-state index < -0.39 is 10.0 Å². The van der Waals surface area contributed by atoms with Gasteiger partial charge in [0.15, 0.2) is 0 Å². The predicted octanol–water partition coefficient (Wildman–Crippen LogP) is 2.78. The van der Waals surface area contributed by atoms with E-state index in [1.54, 1.807) is 35.2 Å². The molecule has 30 heavy (non-hydrogen) atoms. The highest BCUT2D eigenvalue weighted by Crippen LogP contribution is 2.34. The number of benzene rings is 2. The van der Waals surface area contributed by atoms with Crippen LogP contribution in [0.2, 0.25) is 5.02 Å². The summed E-state index contributed by atoms with van der Waals surface area (Å²) in [6.45, 7) is 0.503. The fraction of sp³-hybridized carbons (Fsp3) is 0.300. The molecule has 0 bridgehead atoms. The van der Waals surface area contributed by atoms with E-state index in [2.05, 4.69) is 10.0 Å². The van der Waals surface area contributed by atoms with Gasteiger partial charge in [-0.1, -0.05) is 23.7 Å². The molecule has 10 heteroatoms. The first-order valence-corrected chi connectivity index (χ1v) is 11.2. The second-order valence-electron chi connectivity index (χ2n) is 6.66. The van der Waals surface area contributed by atoms with E-state index in [1.807, 2.05) is 0 Å². The molecular formula is C20H22ClN3O5S. The standard InChI is InChI=1S/C20H22ClN3O5S/c1-29-17-9-8-14(13-16(17)24-12-4-7-20(24)26)23-19(25)10-11-22-30(27,28)18-6-3-2-5-15(18)21/h2-3,5-6,8-9,13,22H,4,7,10-12H2,1H3,(H,23,25). The minimum Gasteiger partial charge on any atom is -0.495 e. The van der Waals surface area contributed by atoms with Crippen LogP contribution in [0.25, 0.3) is 0 Å². The summed E-state index contributed by atoms with van der Waals surface area (Å²) < 4.78 is 32.3. The van der Waals surface area contributed by atoms with Gasteiger partial charge >= 0.3 is 0 Å². The lowest BCUT2D eigenvalue weighted by molar-refractivity contribution is -0.117. The van der Waals surface area contributed by atoms with Crippen molar-refractivity contribution in [2.45, 2.75) is 24.2 Å². The normalized spacial score (nSPS) is 14.1. The highest BCUT2D eigenvalue weighted by atomic mass is 35.5. The minimum atomic E-state index is -3.82. The lowest BCUT2D eigenvalue weighted by atomic mass is 10.2. The van der Waals surface area contributed by atoms with Gasteiger partial charge in [-0.25, -0.2) is 13.1 Å². The summed E-state index contributed by atoms with van der Waals surface area (Å²) in [6.07, 6.45) is 1.17. The molecule has 0 spiro atoms. The minimum absolute atomic E-state index is 0.00533. The number of nitrogens with one attached hydrogen (secondary N) is 2. The molecule has 2 aromatic carbocycles. The molecule has 0 atom stereocenters. The number of methoxy groups -OCH3 is 1. The number of carbonyl (C=O) groups excluding carboxylic acids is 2. The molecule has 2 aromatic rings. The maximum Gasteiger partial charge on any atom is 0.242 e. The average molecular weight is 452 g/mol. The summed E-state index contributed by atoms with van der Waals surface area (Å²) >= 11 is 5.92. The van der Waals surface area contributed by atoms with Crippen molar-refractivity contribution in [3.63, 3.8) is 0 Å². The summed E-state index contributed by atoms with van der Waals surface area (Å²) in [4.78, 5) is 25.9. The Bertz CT molecular complexity index is 1060. The maximum absolute atomic E-state index is 12.3. The van der Waals surface area contributed by atoms with Gasteiger partial charge in [0.05, 0.1) is 17.8 Å². The SMILES string of the molecule is COc1ccc(NC(=O)CCNS(=O)(=O)c2ccccc2Cl)cc1N1CCCC1=O. The molecule has 3 rings (SSSR count). The Morgan fingerprint density at radius 2 is 2.00 bits per heavy atom. The Morgan fingerprint density at radius 1 is 1.23 bits per heavy atom. The van der Waals surface area contributed by atoms with Crippen molar-refractivity contribution in [3.8, 4) is 5.75 Å². The van der Waals surface area contributed by atoms with E-state index >= 15 is 0 Å². The summed E-state index contributed by atoms with van der Waals surface area (Å²) in [5.74, 6) is 0.169. The average Bonchev–Trinajstić information content (AvgIpc) is 3.13. The van der Waals surface area contributed by atoms with Crippen molar-refractivity contribution >= 4 is 44.8 Å². The number of hydrogen-bond donors (Lipinski definition) is 2. The van der Waals surface area contributed by atoms with Gasteiger partial charge < -0.3 is 15.0 Å². The van der Waals surface area contributed by atoms with E-state index in [1.165, 1.54) is 19.2 Å². The molecule has 2 N–H and O–H groups in total. The molecule has 0 radical (unpaired) electrons. The Hall–Kier alpha value is -2.62. The molecule has 2 amide bonds. The van der Waals surface area contributed by atoms with Gasteiger partial charge in [-0.3, -0.25) is 9.59 Å². The second kappa shape index (κ2) is 9.46. The van der Waals surface area contributed by atoms with Crippen LogP contribution < -0.4 is 19.7 Å². The monoisotopic (exact) mass is 451 g/mol. The number of carbonyl (C=O) groups is 2. The molecule has 0 aromatic heterocycles. The first-order chi connectivity index (χ1) is 14.3. The van der Waals surface area contributed by atoms with E-state index in [-0.39, 0.29) is 34.7 Å². The second-order valence-corrected chi connectivity index (χ2v) is 8.80. The van der Waals surface area contributed by atoms with Gasteiger partial charge in [0.25, 0.3) is 0 Å². The lowest BCUT2D eigenvalue weighted by Gasteiger charge is -2.20. The van der Waals surface area contributed by atoms with E-state index in [9.17, 15) is 18.0 Å². The van der Waals surface area contributed by atoms with E-state index in [0.29, 0.717) is 30.1 Å². The number of amides is 2. The number of nitrogens with zero attached hydrogens (tertiary/aromatic N) is 1. The molecule has 1 aliphatic rings. The van der Waals surface area contributed by atoms with Gasteiger partial charge in [-0.15, -0.1) is 0 Å². The summed E-state index contributed by atoms with van der Waals surface area (Å²) in [6, 6.07) is 11.1. The van der Waals surface area contributed by atoms with Crippen molar-refractivity contribution in [2.75, 3.05) is 30.4 Å². The van der Waals surface area contributed by atoms with Gasteiger partial charge in [-0.2, -0.15) is 0 Å². The van der Waals surface area contributed by atoms with Crippen LogP contribution in [-0.2, 0) is 19.6 Å². The third-order valence-corrected chi connectivity index (χ3v) is 6.56. The highest BCUT2D eigenvalue weighted by Gasteiger charge is 2.25. The number of rotatable bonds is 8. The molecule has 1 saturated heterocycles. The smallest absolute Gasteiger partial charge is 0.242 e. The number of sulfonamides is 1. The zero-order chi connectivity index (χ0) is 21.7. The van der Waals surface area contributed by atoms with Crippen LogP contribution >= 0.6 is 11.6 Å². The van der Waals surface area contributed by atoms with Crippen LogP contribution in [0.3, 0.4) is 0 Å². The third-order valence-electron chi connectivity index (χ3n) is 4.60. The fourth-order valence-electron chi connectivity index (χ4n) is 3.14. The number of hydrogen-bond acceptors (Lipinski definition) is 5. The third kappa shape index (κ3) is 5.10. The topological polar surface area (TPSA) is 105 Å². The Labute approximate surface area is 180 Å². The quantitative estimate of drug-likeness (QED) is 0.642. The van der Waals surface area contributed by atoms with Crippen LogP contribution in [0.4, 0.5) is 11.4 Å². The molecular weight excluding hydrogens is 430 g/mol. The fourth-order valence-corrected chi connectivity index (χ4v) is 4.69. The van der Waals surface area contributed by atoms with E-state index in [4.69, 9.17) is 16.3 Å². The number of anilines is 2. The first kappa shape index (κ1) is 22.1. The molecule has 0 unspecified atom stereocenters.